The van der Waals surface area contributed by atoms with Gasteiger partial charge in [-0.25, -0.2) is 9.97 Å². The quantitative estimate of drug-likeness (QED) is 0.0380. The molecule has 0 atom stereocenters. The van der Waals surface area contributed by atoms with Crippen LogP contribution in [0.15, 0.2) is 77.7 Å². The van der Waals surface area contributed by atoms with Crippen molar-refractivity contribution in [2.45, 2.75) is 167 Å². The molecule has 0 aliphatic carbocycles. The van der Waals surface area contributed by atoms with Crippen molar-refractivity contribution in [2.24, 2.45) is 0 Å². The molecule has 1 amide bonds. The van der Waals surface area contributed by atoms with Gasteiger partial charge in [0.1, 0.15) is 17.9 Å². The number of aryl methyl sites for hydroxylation is 1. The van der Waals surface area contributed by atoms with Crippen LogP contribution in [0.25, 0.3) is 21.9 Å². The maximum Gasteiger partial charge on any atom is 0.312 e. The third-order valence-corrected chi connectivity index (χ3v) is 11.5. The van der Waals surface area contributed by atoms with E-state index in [0.717, 1.165) is 76.6 Å². The first-order valence-electron chi connectivity index (χ1n) is 21.7. The highest BCUT2D eigenvalue weighted by Crippen LogP contribution is 2.32. The second-order valence-electron chi connectivity index (χ2n) is 16.6. The van der Waals surface area contributed by atoms with Crippen LogP contribution in [0.2, 0.25) is 0 Å². The first-order valence-corrected chi connectivity index (χ1v) is 22.5. The highest BCUT2D eigenvalue weighted by Gasteiger charge is 2.21. The van der Waals surface area contributed by atoms with E-state index in [0.29, 0.717) is 25.2 Å². The van der Waals surface area contributed by atoms with Gasteiger partial charge in [-0.15, -0.1) is 11.8 Å². The Kier molecular flexibility index (Phi) is 17.5. The normalized spacial score (nSPS) is 11.7. The van der Waals surface area contributed by atoms with E-state index in [-0.39, 0.29) is 29.7 Å². The lowest BCUT2D eigenvalue weighted by molar-refractivity contribution is -0.144. The molecule has 7 nitrogen and oxygen atoms in total. The lowest BCUT2D eigenvalue weighted by Gasteiger charge is -2.17. The number of para-hydroxylation sites is 1. The second-order valence-corrected chi connectivity index (χ2v) is 18.5. The molecule has 0 aliphatic rings. The molecular formula is C49H66N4O3S. The fourth-order valence-electron chi connectivity index (χ4n) is 7.31. The first kappa shape index (κ1) is 43.9. The number of fused-ring (bicyclic) bond motifs is 3. The number of hydrogen-bond donors (Lipinski definition) is 1. The van der Waals surface area contributed by atoms with Crippen LogP contribution in [0.1, 0.15) is 153 Å². The summed E-state index contributed by atoms with van der Waals surface area (Å²) in [6.07, 6.45) is 17.6. The van der Waals surface area contributed by atoms with Gasteiger partial charge in [0, 0.05) is 41.0 Å². The summed E-state index contributed by atoms with van der Waals surface area (Å²) in [5.41, 5.74) is 6.43. The molecule has 0 saturated carbocycles. The highest BCUT2D eigenvalue weighted by atomic mass is 32.2. The van der Waals surface area contributed by atoms with E-state index in [1.807, 2.05) is 42.1 Å². The van der Waals surface area contributed by atoms with Crippen LogP contribution in [0, 0.1) is 0 Å². The van der Waals surface area contributed by atoms with Gasteiger partial charge >= 0.3 is 5.97 Å². The number of ether oxygens (including phenoxy) is 1. The number of imidazole rings is 1. The van der Waals surface area contributed by atoms with E-state index in [2.05, 4.69) is 87.0 Å². The maximum absolute atomic E-state index is 13.3. The molecule has 0 bridgehead atoms. The highest BCUT2D eigenvalue weighted by molar-refractivity contribution is 8.00. The van der Waals surface area contributed by atoms with E-state index >= 15 is 0 Å². The van der Waals surface area contributed by atoms with Crippen molar-refractivity contribution in [3.63, 3.8) is 0 Å². The van der Waals surface area contributed by atoms with Gasteiger partial charge in [0.05, 0.1) is 23.1 Å². The van der Waals surface area contributed by atoms with Crippen molar-refractivity contribution >= 4 is 45.6 Å². The molecule has 5 rings (SSSR count). The molecule has 3 aromatic carbocycles. The minimum atomic E-state index is -0.321. The van der Waals surface area contributed by atoms with Crippen LogP contribution in [0.3, 0.4) is 0 Å². The summed E-state index contributed by atoms with van der Waals surface area (Å²) in [5, 5.41) is 4.14. The van der Waals surface area contributed by atoms with Gasteiger partial charge in [-0.1, -0.05) is 160 Å². The molecule has 2 heterocycles. The third-order valence-electron chi connectivity index (χ3n) is 10.4. The van der Waals surface area contributed by atoms with Gasteiger partial charge in [-0.05, 0) is 47.7 Å². The SMILES string of the molecule is CCCCCCCCCCCCCC(=O)NCc1ccc(Cn2c(CCCC)nc3c(CC(=O)OCc4ccc(SC(C)(C)C)cc4)nc4ccccc4c32)cc1. The standard InChI is InChI=1S/C49H66N4O3S/c1-6-8-10-11-12-13-14-15-16-17-18-24-45(54)50-34-37-25-27-38(28-26-37)35-53-44(23-9-7-2)52-47-43(51-42-22-20-19-21-41(42)48(47)53)33-46(55)56-36-39-29-31-40(32-30-39)57-49(3,4)5/h19-22,25-32H,6-18,23-24,33-36H2,1-5H3,(H,50,54). The smallest absolute Gasteiger partial charge is 0.312 e. The average Bonchev–Trinajstić information content (AvgIpc) is 3.56. The number of nitrogens with zero attached hydrogens (tertiary/aromatic N) is 3. The number of unbranched alkanes of at least 4 members (excludes halogenated alkanes) is 11. The zero-order chi connectivity index (χ0) is 40.5. The number of carbonyl (C=O) groups is 2. The molecule has 0 fully saturated rings. The monoisotopic (exact) mass is 790 g/mol. The lowest BCUT2D eigenvalue weighted by atomic mass is 10.1. The Hall–Kier alpha value is -4.17. The summed E-state index contributed by atoms with van der Waals surface area (Å²) < 4.78 is 8.22. The molecule has 2 aromatic heterocycles. The molecule has 306 valence electrons. The van der Waals surface area contributed by atoms with E-state index in [1.165, 1.54) is 62.7 Å². The predicted molar refractivity (Wildman–Crippen MR) is 238 cm³/mol. The lowest BCUT2D eigenvalue weighted by Crippen LogP contribution is -2.22. The van der Waals surface area contributed by atoms with Gasteiger partial charge in [0.15, 0.2) is 0 Å². The first-order chi connectivity index (χ1) is 27.6. The number of carbonyl (C=O) groups excluding carboxylic acids is 2. The summed E-state index contributed by atoms with van der Waals surface area (Å²) in [4.78, 5) is 37.3. The molecule has 57 heavy (non-hydrogen) atoms. The van der Waals surface area contributed by atoms with Crippen molar-refractivity contribution in [1.29, 1.82) is 0 Å². The Balaban J connectivity index is 1.19. The van der Waals surface area contributed by atoms with Crippen molar-refractivity contribution in [1.82, 2.24) is 19.9 Å². The fourth-order valence-corrected chi connectivity index (χ4v) is 8.28. The molecule has 0 spiro atoms. The zero-order valence-corrected chi connectivity index (χ0v) is 36.2. The van der Waals surface area contributed by atoms with Crippen LogP contribution in [-0.4, -0.2) is 31.2 Å². The van der Waals surface area contributed by atoms with Crippen LogP contribution in [0.4, 0.5) is 0 Å². The number of pyridine rings is 1. The van der Waals surface area contributed by atoms with Crippen molar-refractivity contribution < 1.29 is 14.3 Å². The number of esters is 1. The Morgan fingerprint density at radius 1 is 0.719 bits per heavy atom. The number of aromatic nitrogens is 3. The molecule has 1 N–H and O–H groups in total. The number of benzene rings is 3. The van der Waals surface area contributed by atoms with Crippen molar-refractivity contribution in [3.8, 4) is 0 Å². The maximum atomic E-state index is 13.3. The summed E-state index contributed by atoms with van der Waals surface area (Å²) in [6, 6.07) is 24.9. The molecule has 0 aliphatic heterocycles. The van der Waals surface area contributed by atoms with E-state index in [9.17, 15) is 9.59 Å². The number of thioether (sulfide) groups is 1. The summed E-state index contributed by atoms with van der Waals surface area (Å²) in [7, 11) is 0. The van der Waals surface area contributed by atoms with E-state index in [1.54, 1.807) is 0 Å². The topological polar surface area (TPSA) is 86.1 Å². The number of rotatable bonds is 24. The van der Waals surface area contributed by atoms with Crippen molar-refractivity contribution in [3.05, 3.63) is 101 Å². The van der Waals surface area contributed by atoms with Gasteiger partial charge in [-0.2, -0.15) is 0 Å². The Morgan fingerprint density at radius 3 is 2.00 bits per heavy atom. The zero-order valence-electron chi connectivity index (χ0n) is 35.3. The largest absolute Gasteiger partial charge is 0.461 e. The van der Waals surface area contributed by atoms with Crippen molar-refractivity contribution in [2.75, 3.05) is 0 Å². The number of amides is 1. The Bertz CT molecular complexity index is 2000. The predicted octanol–water partition coefficient (Wildman–Crippen LogP) is 12.5. The summed E-state index contributed by atoms with van der Waals surface area (Å²) in [6.45, 7) is 12.4. The number of hydrogen-bond acceptors (Lipinski definition) is 6. The van der Waals surface area contributed by atoms with Crippen LogP contribution in [-0.2, 0) is 46.9 Å². The van der Waals surface area contributed by atoms with Crippen LogP contribution in [0.5, 0.6) is 0 Å². The average molecular weight is 791 g/mol. The molecular weight excluding hydrogens is 725 g/mol. The fraction of sp³-hybridized carbons (Fsp3) is 0.510. The second kappa shape index (κ2) is 22.7. The summed E-state index contributed by atoms with van der Waals surface area (Å²) >= 11 is 1.82. The van der Waals surface area contributed by atoms with E-state index in [4.69, 9.17) is 14.7 Å². The summed E-state index contributed by atoms with van der Waals surface area (Å²) in [5.74, 6) is 0.801. The van der Waals surface area contributed by atoms with Gasteiger partial charge in [0.2, 0.25) is 5.91 Å². The van der Waals surface area contributed by atoms with Gasteiger partial charge in [0.25, 0.3) is 0 Å². The molecule has 0 radical (unpaired) electrons. The Morgan fingerprint density at radius 2 is 1.33 bits per heavy atom. The van der Waals surface area contributed by atoms with Crippen LogP contribution < -0.4 is 5.32 Å². The number of nitrogens with one attached hydrogen (secondary N) is 1. The van der Waals surface area contributed by atoms with E-state index < -0.39 is 0 Å². The van der Waals surface area contributed by atoms with Crippen LogP contribution >= 0.6 is 11.8 Å². The van der Waals surface area contributed by atoms with Gasteiger partial charge in [-0.3, -0.25) is 9.59 Å². The minimum Gasteiger partial charge on any atom is -0.461 e. The molecule has 8 heteroatoms. The van der Waals surface area contributed by atoms with Gasteiger partial charge < -0.3 is 14.6 Å². The molecule has 0 saturated heterocycles. The minimum absolute atomic E-state index is 0.0448. The molecule has 5 aromatic rings. The molecule has 0 unspecified atom stereocenters. The third kappa shape index (κ3) is 14.3. The Labute approximate surface area is 346 Å².